The number of halogens is 1. The molecule has 1 aromatic rings. The number of carbonyl (C=O) groups excluding carboxylic acids is 1. The maximum atomic E-state index is 13.7. The number of pyridine rings is 1. The van der Waals surface area contributed by atoms with Gasteiger partial charge in [0.1, 0.15) is 11.9 Å². The van der Waals surface area contributed by atoms with Gasteiger partial charge >= 0.3 is 5.97 Å². The SMILES string of the molecule is CCCCCCC(=O)Oc1cccnc1C(F)CC. The van der Waals surface area contributed by atoms with E-state index in [1.54, 1.807) is 19.1 Å². The van der Waals surface area contributed by atoms with Gasteiger partial charge in [0.2, 0.25) is 0 Å². The molecule has 0 N–H and O–H groups in total. The summed E-state index contributed by atoms with van der Waals surface area (Å²) in [4.78, 5) is 15.6. The first-order chi connectivity index (χ1) is 9.19. The molecule has 1 unspecified atom stereocenters. The molecule has 0 bridgehead atoms. The molecule has 19 heavy (non-hydrogen) atoms. The molecule has 0 aliphatic rings. The number of esters is 1. The van der Waals surface area contributed by atoms with Crippen molar-refractivity contribution in [1.82, 2.24) is 4.98 Å². The highest BCUT2D eigenvalue weighted by atomic mass is 19.1. The van der Waals surface area contributed by atoms with Crippen molar-refractivity contribution in [1.29, 1.82) is 0 Å². The number of hydrogen-bond acceptors (Lipinski definition) is 3. The molecule has 1 rings (SSSR count). The number of hydrogen-bond donors (Lipinski definition) is 0. The Balaban J connectivity index is 2.54. The number of carbonyl (C=O) groups is 1. The van der Waals surface area contributed by atoms with E-state index >= 15 is 0 Å². The molecule has 0 saturated heterocycles. The molecule has 0 radical (unpaired) electrons. The molecule has 1 heterocycles. The van der Waals surface area contributed by atoms with Gasteiger partial charge in [0.25, 0.3) is 0 Å². The van der Waals surface area contributed by atoms with Crippen LogP contribution >= 0.6 is 0 Å². The first-order valence-corrected chi connectivity index (χ1v) is 6.98. The summed E-state index contributed by atoms with van der Waals surface area (Å²) in [7, 11) is 0. The quantitative estimate of drug-likeness (QED) is 0.518. The highest BCUT2D eigenvalue weighted by Gasteiger charge is 2.16. The summed E-state index contributed by atoms with van der Waals surface area (Å²) >= 11 is 0. The van der Waals surface area contributed by atoms with Crippen LogP contribution in [0.15, 0.2) is 18.3 Å². The fourth-order valence-corrected chi connectivity index (χ4v) is 1.79. The summed E-state index contributed by atoms with van der Waals surface area (Å²) in [6.45, 7) is 3.85. The van der Waals surface area contributed by atoms with Gasteiger partial charge in [-0.3, -0.25) is 9.78 Å². The highest BCUT2D eigenvalue weighted by molar-refractivity contribution is 5.72. The lowest BCUT2D eigenvalue weighted by Crippen LogP contribution is -2.10. The van der Waals surface area contributed by atoms with Crippen LogP contribution in [-0.4, -0.2) is 11.0 Å². The largest absolute Gasteiger partial charge is 0.424 e. The lowest BCUT2D eigenvalue weighted by molar-refractivity contribution is -0.134. The molecule has 0 spiro atoms. The van der Waals surface area contributed by atoms with E-state index in [9.17, 15) is 9.18 Å². The van der Waals surface area contributed by atoms with E-state index in [1.165, 1.54) is 6.20 Å². The number of ether oxygens (including phenoxy) is 1. The molecule has 0 aliphatic carbocycles. The number of unbranched alkanes of at least 4 members (excludes halogenated alkanes) is 3. The highest BCUT2D eigenvalue weighted by Crippen LogP contribution is 2.27. The van der Waals surface area contributed by atoms with Crippen LogP contribution in [0.1, 0.15) is 64.2 Å². The lowest BCUT2D eigenvalue weighted by atomic mass is 10.1. The summed E-state index contributed by atoms with van der Waals surface area (Å²) in [5.41, 5.74) is 0.215. The van der Waals surface area contributed by atoms with Gasteiger partial charge in [0, 0.05) is 12.6 Å². The second kappa shape index (κ2) is 8.62. The van der Waals surface area contributed by atoms with Crippen LogP contribution in [-0.2, 0) is 4.79 Å². The van der Waals surface area contributed by atoms with E-state index in [1.807, 2.05) is 0 Å². The molecule has 1 aromatic heterocycles. The van der Waals surface area contributed by atoms with Gasteiger partial charge in [0.15, 0.2) is 5.75 Å². The molecule has 0 aromatic carbocycles. The summed E-state index contributed by atoms with van der Waals surface area (Å²) in [5, 5.41) is 0. The zero-order chi connectivity index (χ0) is 14.1. The van der Waals surface area contributed by atoms with Gasteiger partial charge in [-0.25, -0.2) is 4.39 Å². The standard InChI is InChI=1S/C15H22FNO2/c1-3-5-6-7-10-14(18)19-13-9-8-11-17-15(13)12(16)4-2/h8-9,11-12H,3-7,10H2,1-2H3. The van der Waals surface area contributed by atoms with Crippen LogP contribution in [0.25, 0.3) is 0 Å². The molecule has 0 amide bonds. The van der Waals surface area contributed by atoms with Gasteiger partial charge < -0.3 is 4.74 Å². The van der Waals surface area contributed by atoms with Crippen molar-refractivity contribution in [3.05, 3.63) is 24.0 Å². The lowest BCUT2D eigenvalue weighted by Gasteiger charge is -2.11. The van der Waals surface area contributed by atoms with Gasteiger partial charge in [-0.1, -0.05) is 33.1 Å². The first-order valence-electron chi connectivity index (χ1n) is 6.98. The average Bonchev–Trinajstić information content (AvgIpc) is 2.43. The topological polar surface area (TPSA) is 39.2 Å². The fraction of sp³-hybridized carbons (Fsp3) is 0.600. The van der Waals surface area contributed by atoms with Crippen molar-refractivity contribution in [3.8, 4) is 5.75 Å². The molecule has 3 nitrogen and oxygen atoms in total. The summed E-state index contributed by atoms with van der Waals surface area (Å²) in [6, 6.07) is 3.24. The maximum Gasteiger partial charge on any atom is 0.311 e. The van der Waals surface area contributed by atoms with Gasteiger partial charge in [-0.05, 0) is 25.0 Å². The summed E-state index contributed by atoms with van der Waals surface area (Å²) in [6.07, 6.45) is 5.09. The Labute approximate surface area is 114 Å². The Hall–Kier alpha value is -1.45. The van der Waals surface area contributed by atoms with Crippen molar-refractivity contribution in [3.63, 3.8) is 0 Å². The van der Waals surface area contributed by atoms with Crippen LogP contribution in [0.4, 0.5) is 4.39 Å². The van der Waals surface area contributed by atoms with Gasteiger partial charge in [-0.2, -0.15) is 0 Å². The van der Waals surface area contributed by atoms with E-state index in [-0.39, 0.29) is 17.4 Å². The molecular weight excluding hydrogens is 245 g/mol. The fourth-order valence-electron chi connectivity index (χ4n) is 1.79. The van der Waals surface area contributed by atoms with Crippen LogP contribution in [0.3, 0.4) is 0 Å². The first kappa shape index (κ1) is 15.6. The molecule has 0 fully saturated rings. The van der Waals surface area contributed by atoms with Crippen LogP contribution in [0.5, 0.6) is 5.75 Å². The minimum atomic E-state index is -1.19. The normalized spacial score (nSPS) is 12.2. The van der Waals surface area contributed by atoms with Crippen molar-refractivity contribution >= 4 is 5.97 Å². The Morgan fingerprint density at radius 2 is 2.16 bits per heavy atom. The maximum absolute atomic E-state index is 13.7. The second-order valence-electron chi connectivity index (χ2n) is 4.55. The summed E-state index contributed by atoms with van der Waals surface area (Å²) < 4.78 is 18.9. The van der Waals surface area contributed by atoms with Crippen LogP contribution in [0, 0.1) is 0 Å². The molecule has 4 heteroatoms. The van der Waals surface area contributed by atoms with E-state index in [2.05, 4.69) is 11.9 Å². The third-order valence-electron chi connectivity index (χ3n) is 2.91. The predicted molar refractivity (Wildman–Crippen MR) is 72.8 cm³/mol. The van der Waals surface area contributed by atoms with E-state index < -0.39 is 6.17 Å². The Bertz CT molecular complexity index is 395. The van der Waals surface area contributed by atoms with Crippen molar-refractivity contribution in [2.75, 3.05) is 0 Å². The second-order valence-corrected chi connectivity index (χ2v) is 4.55. The molecule has 0 saturated carbocycles. The van der Waals surface area contributed by atoms with Crippen molar-refractivity contribution in [2.24, 2.45) is 0 Å². The van der Waals surface area contributed by atoms with Crippen molar-refractivity contribution in [2.45, 2.75) is 58.5 Å². The Kier molecular flexibility index (Phi) is 7.08. The van der Waals surface area contributed by atoms with Gasteiger partial charge in [-0.15, -0.1) is 0 Å². The minimum absolute atomic E-state index is 0.215. The van der Waals surface area contributed by atoms with Gasteiger partial charge in [0.05, 0.1) is 0 Å². The number of rotatable bonds is 8. The van der Waals surface area contributed by atoms with Crippen molar-refractivity contribution < 1.29 is 13.9 Å². The third kappa shape index (κ3) is 5.37. The molecule has 106 valence electrons. The number of aromatic nitrogens is 1. The van der Waals surface area contributed by atoms with E-state index in [4.69, 9.17) is 4.74 Å². The summed E-state index contributed by atoms with van der Waals surface area (Å²) in [5.74, 6) is -0.0639. The third-order valence-corrected chi connectivity index (χ3v) is 2.91. The molecule has 1 atom stereocenters. The Morgan fingerprint density at radius 3 is 2.84 bits per heavy atom. The smallest absolute Gasteiger partial charge is 0.311 e. The van der Waals surface area contributed by atoms with E-state index in [0.29, 0.717) is 12.8 Å². The monoisotopic (exact) mass is 267 g/mol. The number of nitrogens with zero attached hydrogens (tertiary/aromatic N) is 1. The average molecular weight is 267 g/mol. The zero-order valence-electron chi connectivity index (χ0n) is 11.7. The number of alkyl halides is 1. The van der Waals surface area contributed by atoms with Crippen LogP contribution in [0.2, 0.25) is 0 Å². The molecule has 0 aliphatic heterocycles. The molecular formula is C15H22FNO2. The predicted octanol–water partition coefficient (Wildman–Crippen LogP) is 4.38. The minimum Gasteiger partial charge on any atom is -0.424 e. The zero-order valence-corrected chi connectivity index (χ0v) is 11.7. The van der Waals surface area contributed by atoms with E-state index in [0.717, 1.165) is 25.7 Å². The van der Waals surface area contributed by atoms with Crippen LogP contribution < -0.4 is 4.74 Å². The Morgan fingerprint density at radius 1 is 1.37 bits per heavy atom.